The summed E-state index contributed by atoms with van der Waals surface area (Å²) in [6, 6.07) is 20.7. The highest BCUT2D eigenvalue weighted by Crippen LogP contribution is 2.28. The monoisotopic (exact) mass is 387 g/mol. The number of anilines is 1. The Morgan fingerprint density at radius 3 is 2.24 bits per heavy atom. The number of halogens is 1. The second-order valence-corrected chi connectivity index (χ2v) is 6.27. The fourth-order valence-corrected chi connectivity index (χ4v) is 3.01. The number of benzene rings is 3. The van der Waals surface area contributed by atoms with Crippen molar-refractivity contribution in [1.29, 1.82) is 0 Å². The van der Waals surface area contributed by atoms with Crippen LogP contribution in [0.2, 0.25) is 0 Å². The van der Waals surface area contributed by atoms with Crippen LogP contribution in [0.1, 0.15) is 11.1 Å². The Morgan fingerprint density at radius 1 is 0.931 bits per heavy atom. The molecular weight excluding hydrogens is 373 g/mol. The minimum atomic E-state index is -0.497. The van der Waals surface area contributed by atoms with Gasteiger partial charge in [-0.1, -0.05) is 30.3 Å². The van der Waals surface area contributed by atoms with Gasteiger partial charge in [-0.15, -0.1) is 0 Å². The van der Waals surface area contributed by atoms with Crippen molar-refractivity contribution < 1.29 is 14.1 Å². The van der Waals surface area contributed by atoms with Gasteiger partial charge >= 0.3 is 0 Å². The number of carbonyl (C=O) groups excluding carboxylic acids is 1. The molecular formula is C22H14FN3O3. The number of amidine groups is 1. The predicted molar refractivity (Wildman–Crippen MR) is 108 cm³/mol. The molecule has 0 spiro atoms. The summed E-state index contributed by atoms with van der Waals surface area (Å²) in [4.78, 5) is 29.2. The van der Waals surface area contributed by atoms with Crippen LogP contribution in [-0.4, -0.2) is 16.7 Å². The number of rotatable bonds is 4. The first-order valence-electron chi connectivity index (χ1n) is 8.74. The van der Waals surface area contributed by atoms with Gasteiger partial charge in [-0.2, -0.15) is 0 Å². The lowest BCUT2D eigenvalue weighted by atomic mass is 10.1. The fourth-order valence-electron chi connectivity index (χ4n) is 3.01. The molecule has 0 saturated carbocycles. The van der Waals surface area contributed by atoms with Gasteiger partial charge in [0, 0.05) is 12.1 Å². The van der Waals surface area contributed by atoms with Crippen LogP contribution >= 0.6 is 0 Å². The Kier molecular flexibility index (Phi) is 4.70. The van der Waals surface area contributed by atoms with E-state index in [4.69, 9.17) is 0 Å². The molecule has 29 heavy (non-hydrogen) atoms. The summed E-state index contributed by atoms with van der Waals surface area (Å²) in [7, 11) is 0. The van der Waals surface area contributed by atoms with Crippen LogP contribution in [0.3, 0.4) is 0 Å². The highest BCUT2D eigenvalue weighted by atomic mass is 19.1. The number of aliphatic imine (C=N–C) groups is 1. The van der Waals surface area contributed by atoms with E-state index in [-0.39, 0.29) is 22.8 Å². The Labute approximate surface area is 165 Å². The van der Waals surface area contributed by atoms with Crippen LogP contribution in [0, 0.1) is 15.9 Å². The number of carbonyl (C=O) groups is 1. The third-order valence-electron chi connectivity index (χ3n) is 4.40. The number of nitro groups is 1. The zero-order valence-electron chi connectivity index (χ0n) is 15.0. The lowest BCUT2D eigenvalue weighted by molar-refractivity contribution is -0.384. The Hall–Kier alpha value is -4.13. The molecule has 6 nitrogen and oxygen atoms in total. The molecule has 1 aliphatic heterocycles. The summed E-state index contributed by atoms with van der Waals surface area (Å²) < 4.78 is 14.4. The first-order valence-corrected chi connectivity index (χ1v) is 8.74. The first-order chi connectivity index (χ1) is 14.0. The number of amides is 1. The van der Waals surface area contributed by atoms with Gasteiger partial charge < -0.3 is 0 Å². The third kappa shape index (κ3) is 3.53. The van der Waals surface area contributed by atoms with E-state index in [1.54, 1.807) is 42.5 Å². The third-order valence-corrected chi connectivity index (χ3v) is 4.40. The fraction of sp³-hybridized carbons (Fsp3) is 0. The van der Waals surface area contributed by atoms with Gasteiger partial charge in [0.15, 0.2) is 5.84 Å². The van der Waals surface area contributed by atoms with Crippen molar-refractivity contribution in [2.45, 2.75) is 0 Å². The molecule has 0 atom stereocenters. The van der Waals surface area contributed by atoms with Gasteiger partial charge in [0.1, 0.15) is 11.5 Å². The second-order valence-electron chi connectivity index (χ2n) is 6.27. The summed E-state index contributed by atoms with van der Waals surface area (Å²) in [5, 5.41) is 10.8. The van der Waals surface area contributed by atoms with Gasteiger partial charge in [-0.3, -0.25) is 19.8 Å². The van der Waals surface area contributed by atoms with Crippen molar-refractivity contribution in [3.63, 3.8) is 0 Å². The van der Waals surface area contributed by atoms with Crippen LogP contribution in [0.5, 0.6) is 0 Å². The van der Waals surface area contributed by atoms with E-state index in [0.29, 0.717) is 11.3 Å². The number of nitro benzene ring substituents is 1. The maximum atomic E-state index is 14.4. The molecule has 0 N–H and O–H groups in total. The molecule has 0 saturated heterocycles. The largest absolute Gasteiger partial charge is 0.282 e. The molecule has 142 valence electrons. The van der Waals surface area contributed by atoms with Gasteiger partial charge in [-0.05, 0) is 48.0 Å². The minimum Gasteiger partial charge on any atom is -0.266 e. The Balaban J connectivity index is 1.80. The van der Waals surface area contributed by atoms with Crippen molar-refractivity contribution in [1.82, 2.24) is 0 Å². The molecule has 0 radical (unpaired) electrons. The molecule has 0 aliphatic carbocycles. The van der Waals surface area contributed by atoms with Crippen molar-refractivity contribution in [3.8, 4) is 0 Å². The molecule has 0 aromatic heterocycles. The summed E-state index contributed by atoms with van der Waals surface area (Å²) >= 11 is 0. The van der Waals surface area contributed by atoms with E-state index in [1.807, 2.05) is 6.07 Å². The minimum absolute atomic E-state index is 0.0497. The molecule has 0 unspecified atom stereocenters. The van der Waals surface area contributed by atoms with Crippen molar-refractivity contribution in [3.05, 3.63) is 112 Å². The van der Waals surface area contributed by atoms with E-state index in [9.17, 15) is 19.3 Å². The summed E-state index contributed by atoms with van der Waals surface area (Å²) in [6.07, 6.45) is 1.52. The summed E-state index contributed by atoms with van der Waals surface area (Å²) in [6.45, 7) is 0. The number of nitrogens with zero attached hydrogens (tertiary/aromatic N) is 3. The highest BCUT2D eigenvalue weighted by molar-refractivity contribution is 6.33. The van der Waals surface area contributed by atoms with Gasteiger partial charge in [0.05, 0.1) is 16.2 Å². The number of hydrogen-bond donors (Lipinski definition) is 0. The van der Waals surface area contributed by atoms with E-state index >= 15 is 0 Å². The average molecular weight is 387 g/mol. The quantitative estimate of drug-likeness (QED) is 0.374. The van der Waals surface area contributed by atoms with Crippen LogP contribution in [0.4, 0.5) is 15.8 Å². The van der Waals surface area contributed by atoms with Gasteiger partial charge in [-0.25, -0.2) is 9.38 Å². The number of non-ortho nitro benzene ring substituents is 1. The molecule has 4 rings (SSSR count). The molecule has 7 heteroatoms. The predicted octanol–water partition coefficient (Wildman–Crippen LogP) is 4.57. The number of hydrogen-bond acceptors (Lipinski definition) is 4. The van der Waals surface area contributed by atoms with Crippen molar-refractivity contribution in [2.24, 2.45) is 4.99 Å². The van der Waals surface area contributed by atoms with Crippen molar-refractivity contribution >= 4 is 29.2 Å². The van der Waals surface area contributed by atoms with Crippen LogP contribution in [0.25, 0.3) is 6.08 Å². The van der Waals surface area contributed by atoms with Gasteiger partial charge in [0.25, 0.3) is 11.6 Å². The van der Waals surface area contributed by atoms with E-state index in [1.165, 1.54) is 41.3 Å². The molecule has 0 bridgehead atoms. The molecule has 1 aliphatic rings. The van der Waals surface area contributed by atoms with Gasteiger partial charge in [0.2, 0.25) is 0 Å². The Morgan fingerprint density at radius 2 is 1.59 bits per heavy atom. The smallest absolute Gasteiger partial charge is 0.266 e. The lowest BCUT2D eigenvalue weighted by Crippen LogP contribution is -2.33. The zero-order valence-corrected chi connectivity index (χ0v) is 15.0. The molecule has 1 amide bonds. The maximum Gasteiger partial charge on any atom is 0.282 e. The summed E-state index contributed by atoms with van der Waals surface area (Å²) in [5.41, 5.74) is 1.40. The molecule has 1 heterocycles. The SMILES string of the molecule is O=C1/C(=C\c2ccc([N+](=O)[O-])cc2)N=C(c2ccccc2F)N1c1ccccc1. The zero-order chi connectivity index (χ0) is 20.4. The molecule has 3 aromatic carbocycles. The average Bonchev–Trinajstić information content (AvgIpc) is 3.05. The van der Waals surface area contributed by atoms with E-state index in [2.05, 4.69) is 4.99 Å². The lowest BCUT2D eigenvalue weighted by Gasteiger charge is -2.18. The maximum absolute atomic E-state index is 14.4. The van der Waals surface area contributed by atoms with Crippen molar-refractivity contribution in [2.75, 3.05) is 4.90 Å². The van der Waals surface area contributed by atoms with Crippen LogP contribution in [-0.2, 0) is 4.79 Å². The second kappa shape index (κ2) is 7.47. The van der Waals surface area contributed by atoms with E-state index in [0.717, 1.165) is 0 Å². The molecule has 3 aromatic rings. The van der Waals surface area contributed by atoms with Crippen LogP contribution < -0.4 is 4.90 Å². The number of para-hydroxylation sites is 1. The highest BCUT2D eigenvalue weighted by Gasteiger charge is 2.33. The first kappa shape index (κ1) is 18.2. The van der Waals surface area contributed by atoms with E-state index < -0.39 is 16.6 Å². The Bertz CT molecular complexity index is 1160. The normalized spacial score (nSPS) is 14.9. The summed E-state index contributed by atoms with van der Waals surface area (Å²) in [5.74, 6) is -0.711. The standard InChI is InChI=1S/C22H14FN3O3/c23-19-9-5-4-8-18(19)21-24-20(14-15-10-12-17(13-11-15)26(28)29)22(27)25(21)16-6-2-1-3-7-16/h1-14H/b20-14+. The molecule has 0 fully saturated rings. The topological polar surface area (TPSA) is 75.8 Å². The van der Waals surface area contributed by atoms with Crippen LogP contribution in [0.15, 0.2) is 89.6 Å².